The number of nitrogens with one attached hydrogen (secondary N) is 1. The van der Waals surface area contributed by atoms with Crippen molar-refractivity contribution in [2.24, 2.45) is 5.41 Å². The van der Waals surface area contributed by atoms with Crippen LogP contribution in [0.1, 0.15) is 31.4 Å². The number of rotatable bonds is 4. The van der Waals surface area contributed by atoms with Gasteiger partial charge in [-0.25, -0.2) is 9.97 Å². The molecule has 1 atom stereocenters. The molecule has 1 unspecified atom stereocenters. The number of alkyl halides is 3. The van der Waals surface area contributed by atoms with Crippen LogP contribution in [0.3, 0.4) is 0 Å². The van der Waals surface area contributed by atoms with Gasteiger partial charge in [0.25, 0.3) is 0 Å². The third kappa shape index (κ3) is 4.94. The number of anilines is 1. The molecule has 0 aliphatic carbocycles. The van der Waals surface area contributed by atoms with Gasteiger partial charge in [-0.15, -0.1) is 0 Å². The molecule has 0 spiro atoms. The Kier molecular flexibility index (Phi) is 5.18. The molecule has 3 rings (SSSR count). The summed E-state index contributed by atoms with van der Waals surface area (Å²) in [5.41, 5.74) is 0.504. The Morgan fingerprint density at radius 1 is 1.15 bits per heavy atom. The number of likely N-dealkylation sites (tertiary alicyclic amines) is 1. The second-order valence-corrected chi connectivity index (χ2v) is 7.66. The van der Waals surface area contributed by atoms with Crippen LogP contribution in [0.4, 0.5) is 19.1 Å². The van der Waals surface area contributed by atoms with E-state index in [2.05, 4.69) is 46.2 Å². The molecule has 1 aromatic heterocycles. The maximum absolute atomic E-state index is 12.6. The molecule has 4 nitrogen and oxygen atoms in total. The highest BCUT2D eigenvalue weighted by Gasteiger charge is 2.34. The van der Waals surface area contributed by atoms with Crippen LogP contribution in [0.25, 0.3) is 0 Å². The molecule has 1 aromatic carbocycles. The predicted octanol–water partition coefficient (Wildman–Crippen LogP) is 4.21. The normalized spacial score (nSPS) is 20.7. The van der Waals surface area contributed by atoms with Gasteiger partial charge < -0.3 is 5.32 Å². The number of aromatic nitrogens is 2. The molecule has 1 aliphatic rings. The molecule has 0 radical (unpaired) electrons. The van der Waals surface area contributed by atoms with Crippen LogP contribution in [-0.2, 0) is 12.7 Å². The van der Waals surface area contributed by atoms with Crippen LogP contribution in [-0.4, -0.2) is 34.0 Å². The van der Waals surface area contributed by atoms with Crippen LogP contribution < -0.4 is 5.32 Å². The van der Waals surface area contributed by atoms with Gasteiger partial charge in [0.15, 0.2) is 0 Å². The van der Waals surface area contributed by atoms with Gasteiger partial charge in [0.1, 0.15) is 0 Å². The summed E-state index contributed by atoms with van der Waals surface area (Å²) in [6, 6.07) is 10.3. The van der Waals surface area contributed by atoms with Gasteiger partial charge in [-0.3, -0.25) is 4.90 Å². The first-order valence-corrected chi connectivity index (χ1v) is 8.63. The Bertz CT molecular complexity index is 714. The first-order valence-electron chi connectivity index (χ1n) is 8.63. The van der Waals surface area contributed by atoms with E-state index in [1.165, 1.54) is 5.56 Å². The average molecular weight is 364 g/mol. The van der Waals surface area contributed by atoms with Crippen LogP contribution in [0.15, 0.2) is 42.7 Å². The van der Waals surface area contributed by atoms with Crippen LogP contribution in [0.5, 0.6) is 0 Å². The Morgan fingerprint density at radius 3 is 2.42 bits per heavy atom. The van der Waals surface area contributed by atoms with Crippen molar-refractivity contribution in [2.75, 3.05) is 18.4 Å². The first-order chi connectivity index (χ1) is 12.2. The number of hydrogen-bond acceptors (Lipinski definition) is 4. The minimum atomic E-state index is -4.42. The third-order valence-electron chi connectivity index (χ3n) is 4.49. The van der Waals surface area contributed by atoms with Crippen molar-refractivity contribution in [2.45, 2.75) is 39.0 Å². The molecule has 2 heterocycles. The minimum absolute atomic E-state index is 0.0826. The van der Waals surface area contributed by atoms with E-state index in [-0.39, 0.29) is 17.4 Å². The van der Waals surface area contributed by atoms with Gasteiger partial charge in [-0.05, 0) is 17.4 Å². The Hall–Kier alpha value is -2.15. The monoisotopic (exact) mass is 364 g/mol. The summed E-state index contributed by atoms with van der Waals surface area (Å²) < 4.78 is 37.9. The summed E-state index contributed by atoms with van der Waals surface area (Å²) in [5.74, 6) is 0.236. The lowest BCUT2D eigenvalue weighted by Gasteiger charge is -2.42. The second kappa shape index (κ2) is 7.23. The summed E-state index contributed by atoms with van der Waals surface area (Å²) in [5, 5.41) is 3.20. The van der Waals surface area contributed by atoms with Gasteiger partial charge in [0, 0.05) is 38.1 Å². The fraction of sp³-hybridized carbons (Fsp3) is 0.474. The quantitative estimate of drug-likeness (QED) is 0.882. The largest absolute Gasteiger partial charge is 0.419 e. The first kappa shape index (κ1) is 18.6. The summed E-state index contributed by atoms with van der Waals surface area (Å²) in [6.07, 6.45) is -1.86. The molecule has 140 valence electrons. The Labute approximate surface area is 151 Å². The third-order valence-corrected chi connectivity index (χ3v) is 4.49. The van der Waals surface area contributed by atoms with E-state index in [1.54, 1.807) is 0 Å². The van der Waals surface area contributed by atoms with E-state index in [9.17, 15) is 13.2 Å². The maximum Gasteiger partial charge on any atom is 0.419 e. The molecule has 1 fully saturated rings. The molecule has 7 heteroatoms. The highest BCUT2D eigenvalue weighted by Crippen LogP contribution is 2.31. The summed E-state index contributed by atoms with van der Waals surface area (Å²) in [7, 11) is 0. The number of hydrogen-bond donors (Lipinski definition) is 1. The molecule has 0 amide bonds. The standard InChI is InChI=1S/C19H23F3N4/c1-18(2)8-16(12-26(13-18)11-14-6-4-3-5-7-14)25-17-23-9-15(10-24-17)19(20,21)22/h3-7,9-10,16H,8,11-13H2,1-2H3,(H,23,24,25). The van der Waals surface area contributed by atoms with Crippen molar-refractivity contribution < 1.29 is 13.2 Å². The SMILES string of the molecule is CC1(C)CC(Nc2ncc(C(F)(F)F)cn2)CN(Cc2ccccc2)C1. The van der Waals surface area contributed by atoms with Crippen molar-refractivity contribution >= 4 is 5.95 Å². The Balaban J connectivity index is 1.67. The van der Waals surface area contributed by atoms with Gasteiger partial charge in [0.2, 0.25) is 5.95 Å². The van der Waals surface area contributed by atoms with Crippen molar-refractivity contribution in [1.29, 1.82) is 0 Å². The van der Waals surface area contributed by atoms with E-state index < -0.39 is 11.7 Å². The smallest absolute Gasteiger partial charge is 0.350 e. The molecule has 1 aliphatic heterocycles. The number of halogens is 3. The summed E-state index contributed by atoms with van der Waals surface area (Å²) in [6.45, 7) is 7.01. The van der Waals surface area contributed by atoms with Crippen molar-refractivity contribution in [3.8, 4) is 0 Å². The lowest BCUT2D eigenvalue weighted by molar-refractivity contribution is -0.138. The summed E-state index contributed by atoms with van der Waals surface area (Å²) in [4.78, 5) is 10.0. The average Bonchev–Trinajstić information content (AvgIpc) is 2.54. The van der Waals surface area contributed by atoms with E-state index in [0.717, 1.165) is 38.4 Å². The van der Waals surface area contributed by atoms with Gasteiger partial charge >= 0.3 is 6.18 Å². The molecule has 0 bridgehead atoms. The predicted molar refractivity (Wildman–Crippen MR) is 94.6 cm³/mol. The van der Waals surface area contributed by atoms with Crippen molar-refractivity contribution in [3.05, 3.63) is 53.9 Å². The second-order valence-electron chi connectivity index (χ2n) is 7.66. The molecule has 1 N–H and O–H groups in total. The molecule has 1 saturated heterocycles. The van der Waals surface area contributed by atoms with E-state index in [1.807, 2.05) is 18.2 Å². The lowest BCUT2D eigenvalue weighted by atomic mass is 9.81. The highest BCUT2D eigenvalue weighted by atomic mass is 19.4. The fourth-order valence-corrected chi connectivity index (χ4v) is 3.57. The Morgan fingerprint density at radius 2 is 1.81 bits per heavy atom. The fourth-order valence-electron chi connectivity index (χ4n) is 3.57. The topological polar surface area (TPSA) is 41.1 Å². The number of benzene rings is 1. The lowest BCUT2D eigenvalue weighted by Crippen LogP contribution is -2.49. The van der Waals surface area contributed by atoms with E-state index in [4.69, 9.17) is 0 Å². The van der Waals surface area contributed by atoms with E-state index in [0.29, 0.717) is 0 Å². The zero-order chi connectivity index (χ0) is 18.8. The van der Waals surface area contributed by atoms with E-state index >= 15 is 0 Å². The molecular formula is C19H23F3N4. The molecule has 26 heavy (non-hydrogen) atoms. The zero-order valence-electron chi connectivity index (χ0n) is 14.9. The molecule has 2 aromatic rings. The highest BCUT2D eigenvalue weighted by molar-refractivity contribution is 5.28. The minimum Gasteiger partial charge on any atom is -0.350 e. The van der Waals surface area contributed by atoms with Crippen molar-refractivity contribution in [1.82, 2.24) is 14.9 Å². The van der Waals surface area contributed by atoms with Gasteiger partial charge in [0.05, 0.1) is 5.56 Å². The van der Waals surface area contributed by atoms with Crippen LogP contribution in [0, 0.1) is 5.41 Å². The van der Waals surface area contributed by atoms with Crippen LogP contribution in [0.2, 0.25) is 0 Å². The van der Waals surface area contributed by atoms with Gasteiger partial charge in [-0.1, -0.05) is 44.2 Å². The maximum atomic E-state index is 12.6. The van der Waals surface area contributed by atoms with Gasteiger partial charge in [-0.2, -0.15) is 13.2 Å². The zero-order valence-corrected chi connectivity index (χ0v) is 14.9. The molecule has 0 saturated carbocycles. The van der Waals surface area contributed by atoms with Crippen LogP contribution >= 0.6 is 0 Å². The summed E-state index contributed by atoms with van der Waals surface area (Å²) >= 11 is 0. The molecular weight excluding hydrogens is 341 g/mol. The van der Waals surface area contributed by atoms with Crippen molar-refractivity contribution in [3.63, 3.8) is 0 Å². The number of piperidine rings is 1. The number of nitrogens with zero attached hydrogens (tertiary/aromatic N) is 3.